The van der Waals surface area contributed by atoms with Crippen molar-refractivity contribution < 1.29 is 28.5 Å². The lowest BCUT2D eigenvalue weighted by Gasteiger charge is -2.35. The first-order valence-electron chi connectivity index (χ1n) is 9.28. The number of hydrogen-bond acceptors (Lipinski definition) is 6. The SMILES string of the molecule is CC12OC1CC1C(C(=O)OCc3ccccc3)=COC(OC(=O)NCCCl)C12. The maximum Gasteiger partial charge on any atom is 0.410 e. The third-order valence-electron chi connectivity index (χ3n) is 5.60. The van der Waals surface area contributed by atoms with Crippen LogP contribution in [0.3, 0.4) is 0 Å². The number of rotatable bonds is 6. The highest BCUT2D eigenvalue weighted by Gasteiger charge is 2.71. The first-order chi connectivity index (χ1) is 13.5. The van der Waals surface area contributed by atoms with Crippen LogP contribution in [-0.4, -0.2) is 42.5 Å². The molecule has 1 aromatic rings. The van der Waals surface area contributed by atoms with Crippen LogP contribution in [0.4, 0.5) is 4.79 Å². The van der Waals surface area contributed by atoms with Gasteiger partial charge in [0.15, 0.2) is 0 Å². The number of halogens is 1. The van der Waals surface area contributed by atoms with Gasteiger partial charge in [0.2, 0.25) is 0 Å². The average molecular weight is 408 g/mol. The summed E-state index contributed by atoms with van der Waals surface area (Å²) in [5.41, 5.74) is 0.895. The largest absolute Gasteiger partial charge is 0.461 e. The van der Waals surface area contributed by atoms with E-state index in [1.54, 1.807) is 0 Å². The van der Waals surface area contributed by atoms with Crippen molar-refractivity contribution in [3.8, 4) is 0 Å². The van der Waals surface area contributed by atoms with Crippen molar-refractivity contribution in [1.29, 1.82) is 0 Å². The molecule has 4 rings (SSSR count). The number of fused-ring (bicyclic) bond motifs is 3. The standard InChI is InChI=1S/C20H22ClNO6/c1-20-15(28-20)9-13-14(17(23)25-10-12-5-3-2-4-6-12)11-26-18(16(13)20)27-19(24)22-8-7-21/h2-6,11,13,15-16,18H,7-10H2,1H3,(H,22,24). The molecule has 1 aliphatic carbocycles. The van der Waals surface area contributed by atoms with Crippen molar-refractivity contribution >= 4 is 23.7 Å². The molecule has 0 bridgehead atoms. The Morgan fingerprint density at radius 2 is 2.11 bits per heavy atom. The second kappa shape index (κ2) is 7.64. The summed E-state index contributed by atoms with van der Waals surface area (Å²) in [5, 5.41) is 2.55. The van der Waals surface area contributed by atoms with Gasteiger partial charge in [-0.2, -0.15) is 0 Å². The van der Waals surface area contributed by atoms with Gasteiger partial charge in [-0.15, -0.1) is 11.6 Å². The number of benzene rings is 1. The molecule has 2 fully saturated rings. The summed E-state index contributed by atoms with van der Waals surface area (Å²) < 4.78 is 22.3. The van der Waals surface area contributed by atoms with Gasteiger partial charge in [-0.05, 0) is 18.9 Å². The third-order valence-corrected chi connectivity index (χ3v) is 5.79. The van der Waals surface area contributed by atoms with Crippen LogP contribution in [0.5, 0.6) is 0 Å². The van der Waals surface area contributed by atoms with Gasteiger partial charge >= 0.3 is 12.1 Å². The minimum absolute atomic E-state index is 0.0199. The Labute approximate surface area is 167 Å². The number of epoxide rings is 1. The first kappa shape index (κ1) is 19.1. The van der Waals surface area contributed by atoms with Crippen molar-refractivity contribution in [3.05, 3.63) is 47.7 Å². The van der Waals surface area contributed by atoms with Gasteiger partial charge in [-0.25, -0.2) is 9.59 Å². The van der Waals surface area contributed by atoms with Crippen LogP contribution in [0.2, 0.25) is 0 Å². The quantitative estimate of drug-likeness (QED) is 0.443. The Kier molecular flexibility index (Phi) is 5.21. The van der Waals surface area contributed by atoms with Crippen LogP contribution in [0, 0.1) is 11.8 Å². The highest BCUT2D eigenvalue weighted by molar-refractivity contribution is 6.18. The molecule has 1 aromatic carbocycles. The van der Waals surface area contributed by atoms with Gasteiger partial charge in [-0.1, -0.05) is 30.3 Å². The molecule has 1 N–H and O–H groups in total. The fourth-order valence-electron chi connectivity index (χ4n) is 4.12. The normalized spacial score (nSPS) is 32.3. The van der Waals surface area contributed by atoms with E-state index >= 15 is 0 Å². The van der Waals surface area contributed by atoms with Crippen LogP contribution in [0.15, 0.2) is 42.2 Å². The lowest BCUT2D eigenvalue weighted by atomic mass is 9.82. The van der Waals surface area contributed by atoms with Crippen molar-refractivity contribution in [2.45, 2.75) is 37.9 Å². The van der Waals surface area contributed by atoms with E-state index in [-0.39, 0.29) is 30.4 Å². The average Bonchev–Trinajstić information content (AvgIpc) is 3.26. The predicted octanol–water partition coefficient (Wildman–Crippen LogP) is 2.73. The zero-order valence-electron chi connectivity index (χ0n) is 15.4. The summed E-state index contributed by atoms with van der Waals surface area (Å²) in [4.78, 5) is 24.6. The van der Waals surface area contributed by atoms with E-state index in [2.05, 4.69) is 5.32 Å². The van der Waals surface area contributed by atoms with Crippen molar-refractivity contribution in [2.24, 2.45) is 11.8 Å². The zero-order chi connectivity index (χ0) is 19.7. The molecule has 5 unspecified atom stereocenters. The topological polar surface area (TPSA) is 86.4 Å². The summed E-state index contributed by atoms with van der Waals surface area (Å²) in [6.07, 6.45) is 0.609. The smallest absolute Gasteiger partial charge is 0.410 e. The maximum atomic E-state index is 12.7. The number of amides is 1. The maximum absolute atomic E-state index is 12.7. The van der Waals surface area contributed by atoms with Gasteiger partial charge in [0.1, 0.15) is 12.2 Å². The number of hydrogen-bond donors (Lipinski definition) is 1. The summed E-state index contributed by atoms with van der Waals surface area (Å²) in [7, 11) is 0. The van der Waals surface area contributed by atoms with Crippen molar-refractivity contribution in [1.82, 2.24) is 5.32 Å². The Morgan fingerprint density at radius 3 is 2.86 bits per heavy atom. The Bertz CT molecular complexity index is 784. The van der Waals surface area contributed by atoms with Crippen LogP contribution >= 0.6 is 11.6 Å². The number of nitrogens with one attached hydrogen (secondary N) is 1. The van der Waals surface area contributed by atoms with Crippen molar-refractivity contribution in [2.75, 3.05) is 12.4 Å². The lowest BCUT2D eigenvalue weighted by Crippen LogP contribution is -2.45. The molecule has 28 heavy (non-hydrogen) atoms. The number of alkyl carbamates (subject to hydrolysis) is 1. The Hall–Kier alpha value is -2.25. The highest BCUT2D eigenvalue weighted by atomic mass is 35.5. The second-order valence-electron chi connectivity index (χ2n) is 7.32. The van der Waals surface area contributed by atoms with E-state index in [1.807, 2.05) is 37.3 Å². The van der Waals surface area contributed by atoms with E-state index in [0.717, 1.165) is 5.56 Å². The molecule has 0 aromatic heterocycles. The minimum atomic E-state index is -0.830. The van der Waals surface area contributed by atoms with Crippen molar-refractivity contribution in [3.63, 3.8) is 0 Å². The molecule has 8 heteroatoms. The summed E-state index contributed by atoms with van der Waals surface area (Å²) in [5.74, 6) is -0.559. The van der Waals surface area contributed by atoms with E-state index in [0.29, 0.717) is 18.5 Å². The van der Waals surface area contributed by atoms with Crippen LogP contribution in [0.25, 0.3) is 0 Å². The first-order valence-corrected chi connectivity index (χ1v) is 9.81. The fourth-order valence-corrected chi connectivity index (χ4v) is 4.22. The summed E-state index contributed by atoms with van der Waals surface area (Å²) in [6.45, 7) is 2.44. The van der Waals surface area contributed by atoms with Gasteiger partial charge in [-0.3, -0.25) is 0 Å². The molecule has 2 aliphatic heterocycles. The fraction of sp³-hybridized carbons (Fsp3) is 0.500. The third kappa shape index (κ3) is 3.56. The monoisotopic (exact) mass is 407 g/mol. The van der Waals surface area contributed by atoms with E-state index in [9.17, 15) is 9.59 Å². The Balaban J connectivity index is 1.45. The number of carbonyl (C=O) groups is 2. The second-order valence-corrected chi connectivity index (χ2v) is 7.70. The molecule has 0 spiro atoms. The molecule has 5 atom stereocenters. The van der Waals surface area contributed by atoms with E-state index in [1.165, 1.54) is 6.26 Å². The number of alkyl halides is 1. The molecule has 150 valence electrons. The minimum Gasteiger partial charge on any atom is -0.461 e. The molecule has 7 nitrogen and oxygen atoms in total. The van der Waals surface area contributed by atoms with Gasteiger partial charge in [0.25, 0.3) is 6.29 Å². The summed E-state index contributed by atoms with van der Waals surface area (Å²) in [6, 6.07) is 9.47. The number of carbonyl (C=O) groups excluding carboxylic acids is 2. The molecule has 1 amide bonds. The van der Waals surface area contributed by atoms with Crippen LogP contribution < -0.4 is 5.32 Å². The van der Waals surface area contributed by atoms with Gasteiger partial charge in [0.05, 0.1) is 23.9 Å². The molecule has 1 saturated heterocycles. The molecule has 0 radical (unpaired) electrons. The molecular weight excluding hydrogens is 386 g/mol. The zero-order valence-corrected chi connectivity index (χ0v) is 16.2. The number of ether oxygens (including phenoxy) is 4. The van der Waals surface area contributed by atoms with Gasteiger partial charge in [0, 0.05) is 18.3 Å². The lowest BCUT2D eigenvalue weighted by molar-refractivity contribution is -0.152. The number of esters is 1. The van der Waals surface area contributed by atoms with E-state index < -0.39 is 24.0 Å². The van der Waals surface area contributed by atoms with E-state index in [4.69, 9.17) is 30.5 Å². The molecule has 1 saturated carbocycles. The molecule has 2 heterocycles. The molecular formula is C20H22ClNO6. The van der Waals surface area contributed by atoms with Crippen LogP contribution in [-0.2, 0) is 30.3 Å². The molecule has 3 aliphatic rings. The Morgan fingerprint density at radius 1 is 1.32 bits per heavy atom. The summed E-state index contributed by atoms with van der Waals surface area (Å²) >= 11 is 5.57. The predicted molar refractivity (Wildman–Crippen MR) is 99.3 cm³/mol. The highest BCUT2D eigenvalue weighted by Crippen LogP contribution is 2.61. The van der Waals surface area contributed by atoms with Gasteiger partial charge < -0.3 is 24.3 Å². The van der Waals surface area contributed by atoms with Crippen LogP contribution in [0.1, 0.15) is 18.9 Å².